The highest BCUT2D eigenvalue weighted by Gasteiger charge is 2.22. The molecule has 0 aliphatic heterocycles. The molecule has 2 rings (SSSR count). The normalized spacial score (nSPS) is 11.8. The maximum Gasteiger partial charge on any atom is 0.305 e. The van der Waals surface area contributed by atoms with Gasteiger partial charge < -0.3 is 10.4 Å². The number of hydrogen-bond donors (Lipinski definition) is 2. The van der Waals surface area contributed by atoms with E-state index in [1.807, 2.05) is 0 Å². The Morgan fingerprint density at radius 3 is 2.35 bits per heavy atom. The van der Waals surface area contributed by atoms with Gasteiger partial charge in [-0.15, -0.1) is 0 Å². The van der Waals surface area contributed by atoms with Crippen LogP contribution in [0.4, 0.5) is 4.39 Å². The largest absolute Gasteiger partial charge is 0.481 e. The minimum Gasteiger partial charge on any atom is -0.481 e. The summed E-state index contributed by atoms with van der Waals surface area (Å²) in [6, 6.07) is 9.37. The van der Waals surface area contributed by atoms with Gasteiger partial charge in [-0.05, 0) is 29.8 Å². The molecule has 0 aromatic heterocycles. The number of aliphatic carboxylic acids is 1. The van der Waals surface area contributed by atoms with E-state index in [1.165, 1.54) is 12.1 Å². The van der Waals surface area contributed by atoms with E-state index in [-0.39, 0.29) is 17.0 Å². The third kappa shape index (κ3) is 4.43. The Balaban J connectivity index is 2.29. The van der Waals surface area contributed by atoms with Crippen LogP contribution in [0, 0.1) is 5.82 Å². The van der Waals surface area contributed by atoms with E-state index in [9.17, 15) is 14.0 Å². The topological polar surface area (TPSA) is 66.4 Å². The minimum atomic E-state index is -1.11. The Kier molecular flexibility index (Phi) is 5.58. The van der Waals surface area contributed by atoms with E-state index in [1.54, 1.807) is 24.3 Å². The fraction of sp³-hybridized carbons (Fsp3) is 0.125. The lowest BCUT2D eigenvalue weighted by atomic mass is 10.0. The van der Waals surface area contributed by atoms with Crippen molar-refractivity contribution in [2.75, 3.05) is 0 Å². The number of hydrogen-bond acceptors (Lipinski definition) is 2. The Labute approximate surface area is 141 Å². The number of carboxylic acid groups (broad SMARTS) is 1. The van der Waals surface area contributed by atoms with Gasteiger partial charge in [0.05, 0.1) is 23.0 Å². The third-order valence-electron chi connectivity index (χ3n) is 3.15. The average Bonchev–Trinajstić information content (AvgIpc) is 2.46. The van der Waals surface area contributed by atoms with E-state index in [2.05, 4.69) is 5.32 Å². The van der Waals surface area contributed by atoms with E-state index in [0.29, 0.717) is 10.6 Å². The molecule has 0 heterocycles. The zero-order chi connectivity index (χ0) is 17.0. The zero-order valence-corrected chi connectivity index (χ0v) is 13.2. The fourth-order valence-corrected chi connectivity index (χ4v) is 2.44. The van der Waals surface area contributed by atoms with Gasteiger partial charge in [-0.2, -0.15) is 0 Å². The molecule has 23 heavy (non-hydrogen) atoms. The molecule has 0 fully saturated rings. The van der Waals surface area contributed by atoms with Crippen molar-refractivity contribution in [3.05, 3.63) is 69.5 Å². The summed E-state index contributed by atoms with van der Waals surface area (Å²) in [5.41, 5.74) is 0.219. The van der Waals surface area contributed by atoms with Gasteiger partial charge in [0.1, 0.15) is 5.82 Å². The predicted octanol–water partition coefficient (Wildman–Crippen LogP) is 4.08. The molecule has 2 aromatic carbocycles. The predicted molar refractivity (Wildman–Crippen MR) is 85.3 cm³/mol. The van der Waals surface area contributed by atoms with Crippen LogP contribution in [0.3, 0.4) is 0 Å². The summed E-state index contributed by atoms with van der Waals surface area (Å²) in [5.74, 6) is -2.67. The molecular weight excluding hydrogens is 344 g/mol. The molecule has 2 aromatic rings. The van der Waals surface area contributed by atoms with Crippen LogP contribution in [-0.2, 0) is 4.79 Å². The molecule has 0 saturated carbocycles. The Morgan fingerprint density at radius 1 is 1.13 bits per heavy atom. The van der Waals surface area contributed by atoms with Crippen molar-refractivity contribution >= 4 is 35.1 Å². The number of amides is 1. The summed E-state index contributed by atoms with van der Waals surface area (Å²) in [6.07, 6.45) is -0.362. The second-order valence-electron chi connectivity index (χ2n) is 4.77. The highest BCUT2D eigenvalue weighted by atomic mass is 35.5. The fourth-order valence-electron chi connectivity index (χ4n) is 2.07. The monoisotopic (exact) mass is 355 g/mol. The highest BCUT2D eigenvalue weighted by molar-refractivity contribution is 6.33. The summed E-state index contributed by atoms with van der Waals surface area (Å²) >= 11 is 11.6. The number of carboxylic acids is 1. The minimum absolute atomic E-state index is 0.0484. The molecular formula is C16H12Cl2FNO3. The van der Waals surface area contributed by atoms with Crippen molar-refractivity contribution in [2.45, 2.75) is 12.5 Å². The number of nitrogens with one attached hydrogen (secondary N) is 1. The van der Waals surface area contributed by atoms with Gasteiger partial charge in [0.25, 0.3) is 5.91 Å². The number of rotatable bonds is 5. The zero-order valence-electron chi connectivity index (χ0n) is 11.7. The van der Waals surface area contributed by atoms with Gasteiger partial charge in [-0.1, -0.05) is 41.4 Å². The molecule has 2 N–H and O–H groups in total. The van der Waals surface area contributed by atoms with Gasteiger partial charge in [0.2, 0.25) is 0 Å². The number of carbonyl (C=O) groups is 2. The van der Waals surface area contributed by atoms with Crippen LogP contribution in [0.1, 0.15) is 28.4 Å². The van der Waals surface area contributed by atoms with Crippen LogP contribution in [0.2, 0.25) is 10.0 Å². The van der Waals surface area contributed by atoms with Gasteiger partial charge in [0, 0.05) is 5.02 Å². The maximum absolute atomic E-state index is 13.8. The lowest BCUT2D eigenvalue weighted by Gasteiger charge is -2.18. The van der Waals surface area contributed by atoms with E-state index in [4.69, 9.17) is 28.3 Å². The van der Waals surface area contributed by atoms with Crippen molar-refractivity contribution in [1.29, 1.82) is 0 Å². The van der Waals surface area contributed by atoms with Gasteiger partial charge in [-0.3, -0.25) is 9.59 Å². The van der Waals surface area contributed by atoms with Crippen molar-refractivity contribution in [2.24, 2.45) is 0 Å². The van der Waals surface area contributed by atoms with Gasteiger partial charge >= 0.3 is 5.97 Å². The first kappa shape index (κ1) is 17.2. The highest BCUT2D eigenvalue weighted by Crippen LogP contribution is 2.23. The molecule has 0 bridgehead atoms. The molecule has 0 saturated heterocycles. The van der Waals surface area contributed by atoms with Gasteiger partial charge in [0.15, 0.2) is 0 Å². The Bertz CT molecular complexity index is 714. The molecule has 7 heteroatoms. The van der Waals surface area contributed by atoms with Crippen molar-refractivity contribution < 1.29 is 19.1 Å². The quantitative estimate of drug-likeness (QED) is 0.849. The second kappa shape index (κ2) is 7.44. The average molecular weight is 356 g/mol. The lowest BCUT2D eigenvalue weighted by molar-refractivity contribution is -0.137. The van der Waals surface area contributed by atoms with E-state index in [0.717, 1.165) is 6.07 Å². The van der Waals surface area contributed by atoms with Crippen LogP contribution in [-0.4, -0.2) is 17.0 Å². The Morgan fingerprint density at radius 2 is 1.78 bits per heavy atom. The third-order valence-corrected chi connectivity index (χ3v) is 3.71. The first-order valence-corrected chi connectivity index (χ1v) is 7.36. The molecule has 0 radical (unpaired) electrons. The molecule has 0 spiro atoms. The maximum atomic E-state index is 13.8. The van der Waals surface area contributed by atoms with E-state index < -0.39 is 23.7 Å². The standard InChI is InChI=1S/C16H12Cl2FNO3/c17-10-6-4-9(5-7-10)13(8-14(21)22)20-16(23)15-11(18)2-1-3-12(15)19/h1-7,13H,8H2,(H,20,23)(H,21,22)/t13-/m0/s1. The molecule has 0 unspecified atom stereocenters. The summed E-state index contributed by atoms with van der Waals surface area (Å²) < 4.78 is 13.8. The molecule has 1 atom stereocenters. The van der Waals surface area contributed by atoms with E-state index >= 15 is 0 Å². The lowest BCUT2D eigenvalue weighted by Crippen LogP contribution is -2.31. The molecule has 1 amide bonds. The number of benzene rings is 2. The second-order valence-corrected chi connectivity index (χ2v) is 5.62. The first-order chi connectivity index (χ1) is 10.9. The molecule has 4 nitrogen and oxygen atoms in total. The summed E-state index contributed by atoms with van der Waals surface area (Å²) in [4.78, 5) is 23.3. The molecule has 0 aliphatic carbocycles. The van der Waals surface area contributed by atoms with Crippen molar-refractivity contribution in [1.82, 2.24) is 5.32 Å². The molecule has 0 aliphatic rings. The van der Waals surface area contributed by atoms with Crippen LogP contribution in [0.15, 0.2) is 42.5 Å². The van der Waals surface area contributed by atoms with Crippen molar-refractivity contribution in [3.8, 4) is 0 Å². The van der Waals surface area contributed by atoms with Gasteiger partial charge in [-0.25, -0.2) is 4.39 Å². The summed E-state index contributed by atoms with van der Waals surface area (Å²) in [7, 11) is 0. The van der Waals surface area contributed by atoms with Crippen LogP contribution >= 0.6 is 23.2 Å². The number of carbonyl (C=O) groups excluding carboxylic acids is 1. The van der Waals surface area contributed by atoms with Crippen LogP contribution in [0.25, 0.3) is 0 Å². The first-order valence-electron chi connectivity index (χ1n) is 6.60. The Hall–Kier alpha value is -2.11. The van der Waals surface area contributed by atoms with Crippen LogP contribution < -0.4 is 5.32 Å². The molecule has 120 valence electrons. The van der Waals surface area contributed by atoms with Crippen LogP contribution in [0.5, 0.6) is 0 Å². The smallest absolute Gasteiger partial charge is 0.305 e. The summed E-state index contributed by atoms with van der Waals surface area (Å²) in [6.45, 7) is 0. The van der Waals surface area contributed by atoms with Crippen molar-refractivity contribution in [3.63, 3.8) is 0 Å². The summed E-state index contributed by atoms with van der Waals surface area (Å²) in [5, 5.41) is 11.9. The SMILES string of the molecule is O=C(O)C[C@H](NC(=O)c1c(F)cccc1Cl)c1ccc(Cl)cc1. The number of halogens is 3.